The fourth-order valence-electron chi connectivity index (χ4n) is 6.82. The molecular weight excluding hydrogens is 640 g/mol. The Bertz CT molecular complexity index is 1870. The molecular formula is C33H33BrN6O5. The number of halogens is 1. The second-order valence-corrected chi connectivity index (χ2v) is 12.7. The number of hydrogen-bond acceptors (Lipinski definition) is 7. The average Bonchev–Trinajstić information content (AvgIpc) is 3.55. The Balaban J connectivity index is 1.33. The number of nitrogens with zero attached hydrogens (tertiary/aromatic N) is 5. The zero-order valence-electron chi connectivity index (χ0n) is 24.9. The molecule has 0 radical (unpaired) electrons. The van der Waals surface area contributed by atoms with E-state index in [1.54, 1.807) is 21.9 Å². The predicted molar refractivity (Wildman–Crippen MR) is 169 cm³/mol. The van der Waals surface area contributed by atoms with Crippen molar-refractivity contribution in [2.24, 2.45) is 0 Å². The van der Waals surface area contributed by atoms with Gasteiger partial charge in [-0.2, -0.15) is 5.10 Å². The van der Waals surface area contributed by atoms with Crippen LogP contribution in [0.2, 0.25) is 0 Å². The summed E-state index contributed by atoms with van der Waals surface area (Å²) in [6, 6.07) is 9.08. The second kappa shape index (κ2) is 11.6. The third-order valence-electron chi connectivity index (χ3n) is 9.22. The van der Waals surface area contributed by atoms with Crippen molar-refractivity contribution in [1.29, 1.82) is 0 Å². The van der Waals surface area contributed by atoms with Gasteiger partial charge in [0.1, 0.15) is 23.6 Å². The average molecular weight is 674 g/mol. The number of imidazole rings is 1. The van der Waals surface area contributed by atoms with E-state index in [-0.39, 0.29) is 25.0 Å². The number of rotatable bonds is 6. The minimum Gasteiger partial charge on any atom is -0.424 e. The molecule has 2 aliphatic heterocycles. The van der Waals surface area contributed by atoms with E-state index >= 15 is 0 Å². The third kappa shape index (κ3) is 5.05. The number of aliphatic hydroxyl groups is 1. The SMILES string of the molecule is C=CC(=O)N1CCc2nn(-c3ccc(C4CCC4)cc3OC(C)=O)c3c2[C@@H](C1)N(C(=O)c1ccc(Br)c2nc(CO)[nH]c12)CC3. The molecule has 0 spiro atoms. The van der Waals surface area contributed by atoms with Crippen molar-refractivity contribution in [3.63, 3.8) is 0 Å². The zero-order chi connectivity index (χ0) is 31.4. The Kier molecular flexibility index (Phi) is 7.57. The molecule has 2 N–H and O–H groups in total. The van der Waals surface area contributed by atoms with Crippen molar-refractivity contribution >= 4 is 44.7 Å². The number of H-pyrrole nitrogens is 1. The van der Waals surface area contributed by atoms with E-state index in [4.69, 9.17) is 9.84 Å². The highest BCUT2D eigenvalue weighted by atomic mass is 79.9. The number of fused-ring (bicyclic) bond motifs is 1. The summed E-state index contributed by atoms with van der Waals surface area (Å²) in [5.41, 5.74) is 6.00. The summed E-state index contributed by atoms with van der Waals surface area (Å²) >= 11 is 3.51. The Labute approximate surface area is 268 Å². The van der Waals surface area contributed by atoms with Gasteiger partial charge < -0.3 is 24.6 Å². The maximum absolute atomic E-state index is 14.4. The van der Waals surface area contributed by atoms with Gasteiger partial charge in [0.15, 0.2) is 5.75 Å². The van der Waals surface area contributed by atoms with Crippen molar-refractivity contribution < 1.29 is 24.2 Å². The molecule has 2 aromatic heterocycles. The van der Waals surface area contributed by atoms with Crippen LogP contribution in [0.1, 0.15) is 76.8 Å². The summed E-state index contributed by atoms with van der Waals surface area (Å²) in [6.45, 7) is 5.88. The molecule has 0 bridgehead atoms. The number of nitrogens with one attached hydrogen (secondary N) is 1. The van der Waals surface area contributed by atoms with Crippen LogP contribution in [0, 0.1) is 0 Å². The Morgan fingerprint density at radius 3 is 2.71 bits per heavy atom. The van der Waals surface area contributed by atoms with Gasteiger partial charge in [0.2, 0.25) is 5.91 Å². The predicted octanol–water partition coefficient (Wildman–Crippen LogP) is 4.51. The standard InChI is InChI=1S/C33H33BrN6O5/c1-3-29(43)38-13-11-23-30-25(40(37-23)24-10-7-20(19-5-4-6-19)15-27(24)45-18(2)42)12-14-39(26(30)16-38)33(44)21-8-9-22(34)32-31(21)35-28(17-41)36-32/h3,7-10,15,19,26,41H,1,4-6,11-14,16-17H2,2H3,(H,35,36)/t26-/m1/s1. The van der Waals surface area contributed by atoms with E-state index in [1.165, 1.54) is 19.4 Å². The molecule has 3 aliphatic rings. The molecule has 1 fully saturated rings. The summed E-state index contributed by atoms with van der Waals surface area (Å²) in [7, 11) is 0. The molecule has 0 saturated heterocycles. The van der Waals surface area contributed by atoms with Gasteiger partial charge in [0.05, 0.1) is 28.5 Å². The molecule has 11 nitrogen and oxygen atoms in total. The van der Waals surface area contributed by atoms with E-state index in [1.807, 2.05) is 16.8 Å². The van der Waals surface area contributed by atoms with Crippen molar-refractivity contribution in [3.05, 3.63) is 81.4 Å². The molecule has 4 aromatic rings. The summed E-state index contributed by atoms with van der Waals surface area (Å²) in [5, 5.41) is 14.8. The molecule has 1 aliphatic carbocycles. The molecule has 7 rings (SSSR count). The maximum atomic E-state index is 14.4. The highest BCUT2D eigenvalue weighted by Gasteiger charge is 2.41. The Morgan fingerprint density at radius 1 is 1.18 bits per heavy atom. The molecule has 12 heteroatoms. The minimum absolute atomic E-state index is 0.205. The van der Waals surface area contributed by atoms with Crippen molar-refractivity contribution in [3.8, 4) is 11.4 Å². The number of esters is 1. The number of benzene rings is 2. The molecule has 1 saturated carbocycles. The normalized spacial score (nSPS) is 17.9. The van der Waals surface area contributed by atoms with Crippen molar-refractivity contribution in [2.45, 2.75) is 57.6 Å². The monoisotopic (exact) mass is 672 g/mol. The van der Waals surface area contributed by atoms with Gasteiger partial charge in [0.25, 0.3) is 5.91 Å². The van der Waals surface area contributed by atoms with Gasteiger partial charge in [-0.05, 0) is 70.6 Å². The van der Waals surface area contributed by atoms with E-state index in [0.717, 1.165) is 35.4 Å². The Morgan fingerprint density at radius 2 is 2.00 bits per heavy atom. The summed E-state index contributed by atoms with van der Waals surface area (Å²) in [5.74, 6) is 0.472. The fraction of sp³-hybridized carbons (Fsp3) is 0.364. The maximum Gasteiger partial charge on any atom is 0.308 e. The third-order valence-corrected chi connectivity index (χ3v) is 9.86. The van der Waals surface area contributed by atoms with E-state index < -0.39 is 12.0 Å². The molecule has 4 heterocycles. The Hall–Kier alpha value is -4.29. The van der Waals surface area contributed by atoms with Crippen molar-refractivity contribution in [2.75, 3.05) is 19.6 Å². The smallest absolute Gasteiger partial charge is 0.308 e. The molecule has 45 heavy (non-hydrogen) atoms. The van der Waals surface area contributed by atoms with Crippen LogP contribution in [0.3, 0.4) is 0 Å². The van der Waals surface area contributed by atoms with Crippen LogP contribution in [0.5, 0.6) is 5.75 Å². The summed E-state index contributed by atoms with van der Waals surface area (Å²) in [4.78, 5) is 50.5. The number of aromatic amines is 1. The van der Waals surface area contributed by atoms with Crippen LogP contribution in [0.15, 0.2) is 47.5 Å². The molecule has 2 amide bonds. The second-order valence-electron chi connectivity index (χ2n) is 11.8. The first-order valence-electron chi connectivity index (χ1n) is 15.2. The number of ether oxygens (including phenoxy) is 1. The first-order valence-corrected chi connectivity index (χ1v) is 16.0. The number of hydrogen-bond donors (Lipinski definition) is 2. The molecule has 1 atom stereocenters. The lowest BCUT2D eigenvalue weighted by molar-refractivity contribution is -0.132. The number of carbonyl (C=O) groups is 3. The molecule has 2 aromatic carbocycles. The van der Waals surface area contributed by atoms with Gasteiger partial charge in [-0.1, -0.05) is 19.1 Å². The van der Waals surface area contributed by atoms with Gasteiger partial charge >= 0.3 is 5.97 Å². The van der Waals surface area contributed by atoms with E-state index in [2.05, 4.69) is 38.5 Å². The van der Waals surface area contributed by atoms with Gasteiger partial charge in [-0.15, -0.1) is 0 Å². The lowest BCUT2D eigenvalue weighted by Crippen LogP contribution is -2.46. The van der Waals surface area contributed by atoms with Crippen LogP contribution in [0.4, 0.5) is 0 Å². The largest absolute Gasteiger partial charge is 0.424 e. The van der Waals surface area contributed by atoms with Crippen LogP contribution in [0.25, 0.3) is 16.7 Å². The quantitative estimate of drug-likeness (QED) is 0.175. The minimum atomic E-state index is -0.471. The fourth-order valence-corrected chi connectivity index (χ4v) is 7.24. The number of carbonyl (C=O) groups excluding carboxylic acids is 3. The van der Waals surface area contributed by atoms with Crippen LogP contribution in [-0.2, 0) is 29.0 Å². The summed E-state index contributed by atoms with van der Waals surface area (Å²) < 4.78 is 8.32. The van der Waals surface area contributed by atoms with Crippen LogP contribution in [-0.4, -0.2) is 72.1 Å². The van der Waals surface area contributed by atoms with Gasteiger partial charge in [0, 0.05) is 49.4 Å². The highest BCUT2D eigenvalue weighted by molar-refractivity contribution is 9.10. The van der Waals surface area contributed by atoms with Crippen LogP contribution >= 0.6 is 15.9 Å². The van der Waals surface area contributed by atoms with E-state index in [0.29, 0.717) is 70.2 Å². The zero-order valence-corrected chi connectivity index (χ0v) is 26.5. The molecule has 0 unspecified atom stereocenters. The van der Waals surface area contributed by atoms with Gasteiger partial charge in [-0.25, -0.2) is 9.67 Å². The van der Waals surface area contributed by atoms with Gasteiger partial charge in [-0.3, -0.25) is 14.4 Å². The first-order chi connectivity index (χ1) is 21.8. The lowest BCUT2D eigenvalue weighted by atomic mass is 9.80. The lowest BCUT2D eigenvalue weighted by Gasteiger charge is -2.38. The van der Waals surface area contributed by atoms with Crippen LogP contribution < -0.4 is 4.74 Å². The topological polar surface area (TPSA) is 134 Å². The number of aliphatic hydroxyl groups excluding tert-OH is 1. The van der Waals surface area contributed by atoms with Crippen molar-refractivity contribution in [1.82, 2.24) is 29.5 Å². The summed E-state index contributed by atoms with van der Waals surface area (Å²) in [6.07, 6.45) is 5.75. The number of aromatic nitrogens is 4. The molecule has 232 valence electrons. The first kappa shape index (κ1) is 29.4. The number of amides is 2. The van der Waals surface area contributed by atoms with E-state index in [9.17, 15) is 19.5 Å². The highest BCUT2D eigenvalue weighted by Crippen LogP contribution is 2.42.